The van der Waals surface area contributed by atoms with Crippen molar-refractivity contribution in [2.75, 3.05) is 12.4 Å². The number of hydrogen-bond acceptors (Lipinski definition) is 2. The zero-order chi connectivity index (χ0) is 12.5. The molecule has 0 saturated carbocycles. The van der Waals surface area contributed by atoms with Crippen LogP contribution < -0.4 is 5.32 Å². The maximum Gasteiger partial charge on any atom is 0.123 e. The monoisotopic (exact) mass is 241 g/mol. The molecule has 3 nitrogen and oxygen atoms in total. The molecule has 0 aliphatic heterocycles. The number of rotatable bonds is 2. The number of hydrogen-bond donors (Lipinski definition) is 1. The molecular weight excluding hydrogens is 229 g/mol. The van der Waals surface area contributed by atoms with E-state index < -0.39 is 0 Å². The lowest BCUT2D eigenvalue weighted by Crippen LogP contribution is -2.00. The first kappa shape index (κ1) is 10.8. The number of nitrogens with zero attached hydrogens (tertiary/aromatic N) is 2. The van der Waals surface area contributed by atoms with Crippen LogP contribution in [0.1, 0.15) is 0 Å². The number of nitrogens with one attached hydrogen (secondary N) is 1. The second kappa shape index (κ2) is 4.14. The lowest BCUT2D eigenvalue weighted by atomic mass is 10.3. The van der Waals surface area contributed by atoms with Gasteiger partial charge in [0, 0.05) is 25.0 Å². The molecule has 18 heavy (non-hydrogen) atoms. The second-order valence-electron chi connectivity index (χ2n) is 4.00. The van der Waals surface area contributed by atoms with E-state index in [1.807, 2.05) is 29.8 Å². The summed E-state index contributed by atoms with van der Waals surface area (Å²) in [4.78, 5) is 4.32. The van der Waals surface area contributed by atoms with Crippen molar-refractivity contribution >= 4 is 16.9 Å². The van der Waals surface area contributed by atoms with Gasteiger partial charge in [0.15, 0.2) is 0 Å². The molecule has 90 valence electrons. The van der Waals surface area contributed by atoms with Crippen LogP contribution in [0.5, 0.6) is 0 Å². The van der Waals surface area contributed by atoms with E-state index in [9.17, 15) is 4.39 Å². The number of fused-ring (bicyclic) bond motifs is 1. The standard InChI is InChI=1S/C14H12FN3/c1-16-14-9-12-13(3-2-8-17-12)18(14)11-6-4-10(15)5-7-11/h2-9,16H,1H3. The Labute approximate surface area is 104 Å². The quantitative estimate of drug-likeness (QED) is 0.746. The van der Waals surface area contributed by atoms with E-state index >= 15 is 0 Å². The second-order valence-corrected chi connectivity index (χ2v) is 4.00. The van der Waals surface area contributed by atoms with Crippen molar-refractivity contribution in [1.82, 2.24) is 9.55 Å². The van der Waals surface area contributed by atoms with Crippen molar-refractivity contribution in [3.05, 3.63) is 54.5 Å². The van der Waals surface area contributed by atoms with E-state index in [1.54, 1.807) is 18.3 Å². The molecule has 0 radical (unpaired) electrons. The molecule has 0 saturated heterocycles. The molecule has 0 aliphatic carbocycles. The third kappa shape index (κ3) is 1.62. The van der Waals surface area contributed by atoms with Crippen LogP contribution in [0.3, 0.4) is 0 Å². The van der Waals surface area contributed by atoms with Gasteiger partial charge in [-0.25, -0.2) is 4.39 Å². The van der Waals surface area contributed by atoms with E-state index in [1.165, 1.54) is 12.1 Å². The van der Waals surface area contributed by atoms with Gasteiger partial charge < -0.3 is 5.32 Å². The van der Waals surface area contributed by atoms with Crippen molar-refractivity contribution in [2.24, 2.45) is 0 Å². The number of benzene rings is 1. The SMILES string of the molecule is CNc1cc2ncccc2n1-c1ccc(F)cc1. The Morgan fingerprint density at radius 2 is 1.94 bits per heavy atom. The van der Waals surface area contributed by atoms with Crippen LogP contribution in [0, 0.1) is 5.82 Å². The van der Waals surface area contributed by atoms with Crippen LogP contribution >= 0.6 is 0 Å². The van der Waals surface area contributed by atoms with Crippen LogP contribution in [0.15, 0.2) is 48.7 Å². The van der Waals surface area contributed by atoms with Crippen molar-refractivity contribution < 1.29 is 4.39 Å². The van der Waals surface area contributed by atoms with Crippen LogP contribution in [0.25, 0.3) is 16.7 Å². The topological polar surface area (TPSA) is 29.9 Å². The molecule has 4 heteroatoms. The summed E-state index contributed by atoms with van der Waals surface area (Å²) in [6.45, 7) is 0. The summed E-state index contributed by atoms with van der Waals surface area (Å²) in [7, 11) is 1.86. The Morgan fingerprint density at radius 3 is 2.67 bits per heavy atom. The molecule has 0 unspecified atom stereocenters. The van der Waals surface area contributed by atoms with E-state index in [2.05, 4.69) is 10.3 Å². The summed E-state index contributed by atoms with van der Waals surface area (Å²) in [6.07, 6.45) is 1.76. The Morgan fingerprint density at radius 1 is 1.17 bits per heavy atom. The number of aromatic nitrogens is 2. The van der Waals surface area contributed by atoms with Crippen LogP contribution in [-0.4, -0.2) is 16.6 Å². The smallest absolute Gasteiger partial charge is 0.123 e. The highest BCUT2D eigenvalue weighted by atomic mass is 19.1. The molecule has 0 aliphatic rings. The molecule has 0 spiro atoms. The van der Waals surface area contributed by atoms with E-state index in [0.29, 0.717) is 0 Å². The Hall–Kier alpha value is -2.36. The molecule has 0 amide bonds. The third-order valence-electron chi connectivity index (χ3n) is 2.91. The van der Waals surface area contributed by atoms with Crippen molar-refractivity contribution in [2.45, 2.75) is 0 Å². The predicted molar refractivity (Wildman–Crippen MR) is 70.6 cm³/mol. The highest BCUT2D eigenvalue weighted by Gasteiger charge is 2.09. The summed E-state index contributed by atoms with van der Waals surface area (Å²) in [6, 6.07) is 12.3. The molecular formula is C14H12FN3. The first-order chi connectivity index (χ1) is 8.79. The fraction of sp³-hybridized carbons (Fsp3) is 0.0714. The summed E-state index contributed by atoms with van der Waals surface area (Å²) in [5.41, 5.74) is 2.81. The van der Waals surface area contributed by atoms with Crippen molar-refractivity contribution in [3.8, 4) is 5.69 Å². The van der Waals surface area contributed by atoms with Gasteiger partial charge in [-0.3, -0.25) is 9.55 Å². The fourth-order valence-corrected chi connectivity index (χ4v) is 2.09. The molecule has 2 aromatic heterocycles. The fourth-order valence-electron chi connectivity index (χ4n) is 2.09. The average Bonchev–Trinajstić information content (AvgIpc) is 2.78. The van der Waals surface area contributed by atoms with Gasteiger partial charge in [-0.2, -0.15) is 0 Å². The lowest BCUT2D eigenvalue weighted by Gasteiger charge is -2.09. The number of anilines is 1. The zero-order valence-corrected chi connectivity index (χ0v) is 9.89. The van der Waals surface area contributed by atoms with E-state index in [4.69, 9.17) is 0 Å². The van der Waals surface area contributed by atoms with Crippen molar-refractivity contribution in [1.29, 1.82) is 0 Å². The maximum absolute atomic E-state index is 13.0. The Bertz CT molecular complexity index is 686. The minimum absolute atomic E-state index is 0.237. The molecule has 3 aromatic rings. The Balaban J connectivity index is 2.29. The van der Waals surface area contributed by atoms with E-state index in [-0.39, 0.29) is 5.82 Å². The van der Waals surface area contributed by atoms with Crippen molar-refractivity contribution in [3.63, 3.8) is 0 Å². The van der Waals surface area contributed by atoms with Crippen LogP contribution in [0.4, 0.5) is 10.2 Å². The predicted octanol–water partition coefficient (Wildman–Crippen LogP) is 3.21. The number of pyridine rings is 1. The minimum Gasteiger partial charge on any atom is -0.374 e. The summed E-state index contributed by atoms with van der Waals surface area (Å²) in [5.74, 6) is 0.689. The molecule has 2 heterocycles. The molecule has 1 N–H and O–H groups in total. The molecule has 1 aromatic carbocycles. The van der Waals surface area contributed by atoms with Gasteiger partial charge in [-0.1, -0.05) is 0 Å². The molecule has 3 rings (SSSR count). The van der Waals surface area contributed by atoms with Gasteiger partial charge in [0.25, 0.3) is 0 Å². The zero-order valence-electron chi connectivity index (χ0n) is 9.89. The summed E-state index contributed by atoms with van der Waals surface area (Å²) in [5, 5.41) is 3.13. The van der Waals surface area contributed by atoms with Gasteiger partial charge in [-0.15, -0.1) is 0 Å². The average molecular weight is 241 g/mol. The van der Waals surface area contributed by atoms with Gasteiger partial charge in [-0.05, 0) is 36.4 Å². The molecule has 0 fully saturated rings. The first-order valence-corrected chi connectivity index (χ1v) is 5.70. The van der Waals surface area contributed by atoms with Gasteiger partial charge in [0.05, 0.1) is 11.0 Å². The molecule has 0 bridgehead atoms. The summed E-state index contributed by atoms with van der Waals surface area (Å²) >= 11 is 0. The first-order valence-electron chi connectivity index (χ1n) is 5.70. The summed E-state index contributed by atoms with van der Waals surface area (Å²) < 4.78 is 15.0. The van der Waals surface area contributed by atoms with Gasteiger partial charge in [0.1, 0.15) is 11.6 Å². The largest absolute Gasteiger partial charge is 0.374 e. The lowest BCUT2D eigenvalue weighted by molar-refractivity contribution is 0.627. The molecule has 0 atom stereocenters. The van der Waals surface area contributed by atoms with Crippen LogP contribution in [-0.2, 0) is 0 Å². The third-order valence-corrected chi connectivity index (χ3v) is 2.91. The Kier molecular flexibility index (Phi) is 2.48. The minimum atomic E-state index is -0.237. The highest BCUT2D eigenvalue weighted by molar-refractivity contribution is 5.83. The maximum atomic E-state index is 13.0. The van der Waals surface area contributed by atoms with E-state index in [0.717, 1.165) is 22.5 Å². The van der Waals surface area contributed by atoms with Gasteiger partial charge >= 0.3 is 0 Å². The van der Waals surface area contributed by atoms with Crippen LogP contribution in [0.2, 0.25) is 0 Å². The number of halogens is 1. The van der Waals surface area contributed by atoms with Gasteiger partial charge in [0.2, 0.25) is 0 Å². The normalized spacial score (nSPS) is 10.8. The highest BCUT2D eigenvalue weighted by Crippen LogP contribution is 2.26.